The molecule has 0 radical (unpaired) electrons. The highest BCUT2D eigenvalue weighted by Crippen LogP contribution is 2.28. The van der Waals surface area contributed by atoms with E-state index in [1.807, 2.05) is 49.4 Å². The minimum absolute atomic E-state index is 0.0156. The van der Waals surface area contributed by atoms with Crippen molar-refractivity contribution in [3.05, 3.63) is 59.2 Å². The summed E-state index contributed by atoms with van der Waals surface area (Å²) >= 11 is 1.55. The molecule has 0 aliphatic heterocycles. The maximum atomic E-state index is 12.1. The maximum absolute atomic E-state index is 12.1. The predicted molar refractivity (Wildman–Crippen MR) is 95.2 cm³/mol. The van der Waals surface area contributed by atoms with Crippen molar-refractivity contribution < 1.29 is 9.21 Å². The van der Waals surface area contributed by atoms with Crippen LogP contribution in [-0.4, -0.2) is 16.9 Å². The Labute approximate surface area is 144 Å². The van der Waals surface area contributed by atoms with E-state index in [9.17, 15) is 4.79 Å². The van der Waals surface area contributed by atoms with E-state index in [-0.39, 0.29) is 5.91 Å². The number of carbonyl (C=O) groups is 1. The number of aryl methyl sites for hydroxylation is 1. The van der Waals surface area contributed by atoms with Crippen LogP contribution in [0.2, 0.25) is 0 Å². The number of amides is 1. The molecule has 0 spiro atoms. The number of nitrogens with one attached hydrogen (secondary N) is 1. The number of benzene rings is 2. The zero-order valence-electron chi connectivity index (χ0n) is 13.4. The molecule has 1 saturated carbocycles. The Morgan fingerprint density at radius 3 is 2.92 bits per heavy atom. The number of rotatable bonds is 5. The average Bonchev–Trinajstić information content (AvgIpc) is 3.29. The predicted octanol–water partition coefficient (Wildman–Crippen LogP) is 4.32. The van der Waals surface area contributed by atoms with Gasteiger partial charge >= 0.3 is 0 Å². The number of aromatic nitrogens is 1. The second-order valence-electron chi connectivity index (χ2n) is 6.14. The van der Waals surface area contributed by atoms with Crippen LogP contribution in [0.5, 0.6) is 0 Å². The molecule has 4 nitrogen and oxygen atoms in total. The van der Waals surface area contributed by atoms with Crippen molar-refractivity contribution >= 4 is 28.8 Å². The van der Waals surface area contributed by atoms with Gasteiger partial charge in [0.25, 0.3) is 11.1 Å². The molecule has 4 rings (SSSR count). The Hall–Kier alpha value is -2.27. The van der Waals surface area contributed by atoms with Gasteiger partial charge in [-0.15, -0.1) is 0 Å². The van der Waals surface area contributed by atoms with Crippen LogP contribution in [0.15, 0.2) is 52.1 Å². The molecular formula is C19H18N2O2S. The number of hydrogen-bond donors (Lipinski definition) is 1. The van der Waals surface area contributed by atoms with Crippen LogP contribution in [0, 0.1) is 6.92 Å². The zero-order chi connectivity index (χ0) is 16.5. The summed E-state index contributed by atoms with van der Waals surface area (Å²) in [6, 6.07) is 14.1. The van der Waals surface area contributed by atoms with E-state index in [0.717, 1.165) is 40.8 Å². The van der Waals surface area contributed by atoms with Crippen LogP contribution in [0.4, 0.5) is 0 Å². The minimum Gasteiger partial charge on any atom is -0.431 e. The molecule has 1 fully saturated rings. The molecular weight excluding hydrogens is 320 g/mol. The van der Waals surface area contributed by atoms with Gasteiger partial charge in [-0.1, -0.05) is 36.0 Å². The summed E-state index contributed by atoms with van der Waals surface area (Å²) in [6.07, 6.45) is 2.19. The topological polar surface area (TPSA) is 55.1 Å². The Morgan fingerprint density at radius 1 is 1.29 bits per heavy atom. The van der Waals surface area contributed by atoms with Gasteiger partial charge in [0, 0.05) is 17.4 Å². The van der Waals surface area contributed by atoms with E-state index in [2.05, 4.69) is 10.3 Å². The van der Waals surface area contributed by atoms with Gasteiger partial charge in [-0.25, -0.2) is 4.98 Å². The lowest BCUT2D eigenvalue weighted by Gasteiger charge is -2.05. The quantitative estimate of drug-likeness (QED) is 0.704. The van der Waals surface area contributed by atoms with Crippen molar-refractivity contribution in [3.63, 3.8) is 0 Å². The fourth-order valence-electron chi connectivity index (χ4n) is 2.57. The smallest absolute Gasteiger partial charge is 0.257 e. The molecule has 0 atom stereocenters. The SMILES string of the molecule is Cc1cccc2oc(SCc3cccc(C(=O)NC4CC4)c3)nc12. The summed E-state index contributed by atoms with van der Waals surface area (Å²) in [5.41, 5.74) is 4.64. The van der Waals surface area contributed by atoms with Crippen molar-refractivity contribution in [1.82, 2.24) is 10.3 Å². The zero-order valence-corrected chi connectivity index (χ0v) is 14.2. The van der Waals surface area contributed by atoms with Crippen molar-refractivity contribution in [2.45, 2.75) is 36.8 Å². The summed E-state index contributed by atoms with van der Waals surface area (Å²) in [5, 5.41) is 3.68. The standard InChI is InChI=1S/C19H18N2O2S/c1-12-4-2-7-16-17(12)21-19(23-16)24-11-13-5-3-6-14(10-13)18(22)20-15-8-9-15/h2-7,10,15H,8-9,11H2,1H3,(H,20,22). The number of nitrogens with zero attached hydrogens (tertiary/aromatic N) is 1. The highest BCUT2D eigenvalue weighted by molar-refractivity contribution is 7.98. The second-order valence-corrected chi connectivity index (χ2v) is 7.06. The molecule has 1 aliphatic carbocycles. The number of carbonyl (C=O) groups excluding carboxylic acids is 1. The summed E-state index contributed by atoms with van der Waals surface area (Å²) in [5.74, 6) is 0.734. The number of para-hydroxylation sites is 1. The third-order valence-electron chi connectivity index (χ3n) is 4.07. The highest BCUT2D eigenvalue weighted by atomic mass is 32.2. The first-order valence-corrected chi connectivity index (χ1v) is 9.06. The Bertz CT molecular complexity index is 899. The van der Waals surface area contributed by atoms with Crippen LogP contribution in [0.1, 0.15) is 34.3 Å². The van der Waals surface area contributed by atoms with E-state index in [4.69, 9.17) is 4.42 Å². The van der Waals surface area contributed by atoms with Gasteiger partial charge in [0.2, 0.25) is 0 Å². The molecule has 0 bridgehead atoms. The van der Waals surface area contributed by atoms with Gasteiger partial charge in [0.1, 0.15) is 5.52 Å². The highest BCUT2D eigenvalue weighted by Gasteiger charge is 2.23. The minimum atomic E-state index is 0.0156. The summed E-state index contributed by atoms with van der Waals surface area (Å²) < 4.78 is 5.78. The molecule has 1 amide bonds. The molecule has 1 aromatic heterocycles. The van der Waals surface area contributed by atoms with Gasteiger partial charge < -0.3 is 9.73 Å². The van der Waals surface area contributed by atoms with Gasteiger partial charge in [0.15, 0.2) is 5.58 Å². The summed E-state index contributed by atoms with van der Waals surface area (Å²) in [7, 11) is 0. The lowest BCUT2D eigenvalue weighted by atomic mass is 10.1. The van der Waals surface area contributed by atoms with Gasteiger partial charge in [-0.3, -0.25) is 4.79 Å². The molecule has 1 aliphatic rings. The van der Waals surface area contributed by atoms with Crippen LogP contribution < -0.4 is 5.32 Å². The van der Waals surface area contributed by atoms with Crippen molar-refractivity contribution in [1.29, 1.82) is 0 Å². The van der Waals surface area contributed by atoms with Crippen molar-refractivity contribution in [2.24, 2.45) is 0 Å². The molecule has 0 unspecified atom stereocenters. The molecule has 0 saturated heterocycles. The molecule has 24 heavy (non-hydrogen) atoms. The van der Waals surface area contributed by atoms with E-state index in [0.29, 0.717) is 16.8 Å². The Balaban J connectivity index is 1.46. The molecule has 2 aromatic carbocycles. The number of thioether (sulfide) groups is 1. The monoisotopic (exact) mass is 338 g/mol. The molecule has 122 valence electrons. The number of oxazole rings is 1. The second kappa shape index (κ2) is 6.32. The molecule has 3 aromatic rings. The van der Waals surface area contributed by atoms with Crippen LogP contribution in [-0.2, 0) is 5.75 Å². The van der Waals surface area contributed by atoms with Gasteiger partial charge in [-0.05, 0) is 49.1 Å². The van der Waals surface area contributed by atoms with Crippen molar-refractivity contribution in [2.75, 3.05) is 0 Å². The van der Waals surface area contributed by atoms with Gasteiger partial charge in [0.05, 0.1) is 0 Å². The van der Waals surface area contributed by atoms with Crippen LogP contribution in [0.25, 0.3) is 11.1 Å². The first-order chi connectivity index (χ1) is 11.7. The third-order valence-corrected chi connectivity index (χ3v) is 4.96. The fourth-order valence-corrected chi connectivity index (χ4v) is 3.35. The number of hydrogen-bond acceptors (Lipinski definition) is 4. The van der Waals surface area contributed by atoms with E-state index in [1.54, 1.807) is 11.8 Å². The fraction of sp³-hybridized carbons (Fsp3) is 0.263. The lowest BCUT2D eigenvalue weighted by Crippen LogP contribution is -2.25. The van der Waals surface area contributed by atoms with Crippen molar-refractivity contribution in [3.8, 4) is 0 Å². The van der Waals surface area contributed by atoms with E-state index < -0.39 is 0 Å². The third kappa shape index (κ3) is 3.31. The normalized spacial score (nSPS) is 14.0. The first-order valence-electron chi connectivity index (χ1n) is 8.08. The molecule has 5 heteroatoms. The average molecular weight is 338 g/mol. The molecule has 1 N–H and O–H groups in total. The summed E-state index contributed by atoms with van der Waals surface area (Å²) in [6.45, 7) is 2.03. The van der Waals surface area contributed by atoms with Crippen LogP contribution in [0.3, 0.4) is 0 Å². The lowest BCUT2D eigenvalue weighted by molar-refractivity contribution is 0.0951. The molecule has 1 heterocycles. The Kier molecular flexibility index (Phi) is 4.02. The van der Waals surface area contributed by atoms with E-state index in [1.165, 1.54) is 0 Å². The number of fused-ring (bicyclic) bond motifs is 1. The van der Waals surface area contributed by atoms with Crippen LogP contribution >= 0.6 is 11.8 Å². The Morgan fingerprint density at radius 2 is 2.12 bits per heavy atom. The van der Waals surface area contributed by atoms with Gasteiger partial charge in [-0.2, -0.15) is 0 Å². The van der Waals surface area contributed by atoms with E-state index >= 15 is 0 Å². The largest absolute Gasteiger partial charge is 0.431 e. The summed E-state index contributed by atoms with van der Waals surface area (Å²) in [4.78, 5) is 16.7. The maximum Gasteiger partial charge on any atom is 0.257 e. The first kappa shape index (κ1) is 15.3.